The van der Waals surface area contributed by atoms with Gasteiger partial charge in [0.15, 0.2) is 0 Å². The summed E-state index contributed by atoms with van der Waals surface area (Å²) in [7, 11) is 0. The second-order valence-corrected chi connectivity index (χ2v) is 6.78. The molecular formula is C21H22FN3O3. The van der Waals surface area contributed by atoms with E-state index in [-0.39, 0.29) is 22.0 Å². The van der Waals surface area contributed by atoms with E-state index in [0.29, 0.717) is 12.2 Å². The first-order valence-corrected chi connectivity index (χ1v) is 9.12. The normalized spacial score (nSPS) is 14.7. The van der Waals surface area contributed by atoms with E-state index in [1.807, 2.05) is 20.8 Å². The van der Waals surface area contributed by atoms with Crippen LogP contribution in [0, 0.1) is 5.82 Å². The summed E-state index contributed by atoms with van der Waals surface area (Å²) in [6, 6.07) is 2.58. The average molecular weight is 383 g/mol. The van der Waals surface area contributed by atoms with E-state index in [9.17, 15) is 14.0 Å². The zero-order valence-electron chi connectivity index (χ0n) is 16.0. The van der Waals surface area contributed by atoms with Gasteiger partial charge in [-0.15, -0.1) is 0 Å². The van der Waals surface area contributed by atoms with Gasteiger partial charge in [0.25, 0.3) is 11.5 Å². The molecule has 0 radical (unpaired) electrons. The van der Waals surface area contributed by atoms with Crippen LogP contribution < -0.4 is 11.0 Å². The quantitative estimate of drug-likeness (QED) is 0.480. The van der Waals surface area contributed by atoms with Crippen LogP contribution in [-0.2, 0) is 11.2 Å². The molecule has 1 aromatic heterocycles. The van der Waals surface area contributed by atoms with Crippen LogP contribution in [0.2, 0.25) is 0 Å². The summed E-state index contributed by atoms with van der Waals surface area (Å²) in [5.41, 5.74) is 4.48. The maximum absolute atomic E-state index is 14.4. The number of aromatic nitrogens is 2. The predicted octanol–water partition coefficient (Wildman–Crippen LogP) is 3.59. The van der Waals surface area contributed by atoms with Gasteiger partial charge in [0.2, 0.25) is 0 Å². The van der Waals surface area contributed by atoms with Crippen molar-refractivity contribution in [3.8, 4) is 0 Å². The number of allylic oxidation sites excluding steroid dienone is 4. The van der Waals surface area contributed by atoms with Crippen molar-refractivity contribution in [2.45, 2.75) is 40.0 Å². The Morgan fingerprint density at radius 1 is 1.39 bits per heavy atom. The van der Waals surface area contributed by atoms with Gasteiger partial charge >= 0.3 is 0 Å². The molecule has 7 heteroatoms. The monoisotopic (exact) mass is 383 g/mol. The minimum atomic E-state index is -0.792. The Hall–Kier alpha value is -3.06. The van der Waals surface area contributed by atoms with Crippen molar-refractivity contribution in [2.24, 2.45) is 0 Å². The highest BCUT2D eigenvalue weighted by Crippen LogP contribution is 2.29. The Morgan fingerprint density at radius 2 is 2.14 bits per heavy atom. The first-order chi connectivity index (χ1) is 13.4. The highest BCUT2D eigenvalue weighted by atomic mass is 19.1. The van der Waals surface area contributed by atoms with Crippen molar-refractivity contribution < 1.29 is 14.4 Å². The molecule has 0 aliphatic heterocycles. The van der Waals surface area contributed by atoms with Crippen molar-refractivity contribution in [3.63, 3.8) is 0 Å². The molecule has 28 heavy (non-hydrogen) atoms. The van der Waals surface area contributed by atoms with Crippen molar-refractivity contribution in [3.05, 3.63) is 63.0 Å². The molecule has 0 bridgehead atoms. The summed E-state index contributed by atoms with van der Waals surface area (Å²) in [6.07, 6.45) is 6.62. The number of fused-ring (bicyclic) bond motifs is 1. The van der Waals surface area contributed by atoms with E-state index in [2.05, 4.69) is 11.1 Å². The van der Waals surface area contributed by atoms with Gasteiger partial charge < -0.3 is 0 Å². The van der Waals surface area contributed by atoms with Crippen LogP contribution in [0.3, 0.4) is 0 Å². The number of nitrogens with one attached hydrogen (secondary N) is 1. The second-order valence-electron chi connectivity index (χ2n) is 6.78. The number of benzene rings is 1. The van der Waals surface area contributed by atoms with E-state index in [1.165, 1.54) is 23.7 Å². The zero-order chi connectivity index (χ0) is 20.4. The molecule has 1 aliphatic rings. The summed E-state index contributed by atoms with van der Waals surface area (Å²) in [5.74, 6) is -0.825. The van der Waals surface area contributed by atoms with Gasteiger partial charge in [-0.3, -0.25) is 19.4 Å². The number of carbonyl (C=O) groups is 1. The predicted molar refractivity (Wildman–Crippen MR) is 106 cm³/mol. The van der Waals surface area contributed by atoms with Crippen LogP contribution in [-0.4, -0.2) is 20.7 Å². The Labute approximate surface area is 161 Å². The van der Waals surface area contributed by atoms with Crippen LogP contribution in [0.5, 0.6) is 0 Å². The molecule has 146 valence electrons. The molecule has 1 heterocycles. The molecule has 1 aliphatic carbocycles. The Kier molecular flexibility index (Phi) is 5.56. The van der Waals surface area contributed by atoms with E-state index >= 15 is 0 Å². The number of nitrogens with zero attached hydrogens (tertiary/aromatic N) is 2. The first kappa shape index (κ1) is 19.7. The lowest BCUT2D eigenvalue weighted by Crippen LogP contribution is -2.26. The smallest absolute Gasteiger partial charge is 0.267 e. The zero-order valence-corrected chi connectivity index (χ0v) is 16.0. The summed E-state index contributed by atoms with van der Waals surface area (Å²) in [4.78, 5) is 29.1. The maximum Gasteiger partial charge on any atom is 0.267 e. The van der Waals surface area contributed by atoms with E-state index < -0.39 is 11.7 Å². The number of halogens is 1. The topological polar surface area (TPSA) is 84.2 Å². The third kappa shape index (κ3) is 3.53. The van der Waals surface area contributed by atoms with E-state index in [4.69, 9.17) is 5.21 Å². The maximum atomic E-state index is 14.4. The van der Waals surface area contributed by atoms with Crippen LogP contribution in [0.25, 0.3) is 22.7 Å². The third-order valence-corrected chi connectivity index (χ3v) is 4.87. The van der Waals surface area contributed by atoms with Gasteiger partial charge in [-0.1, -0.05) is 13.0 Å². The lowest BCUT2D eigenvalue weighted by atomic mass is 9.97. The van der Waals surface area contributed by atoms with Crippen LogP contribution in [0.4, 0.5) is 4.39 Å². The standard InChI is InChI=1S/C21H22FN3O3/c1-4-18-23-17-11-16(22)14(8-9-19(26)24-28)10-15(17)21(27)25(18)20-12(2)6-5-7-13(20)3/h6,8-11,28H,4-5,7H2,1-3H3,(H,24,26)/b9-8+. The number of hydrogen-bond donors (Lipinski definition) is 2. The lowest BCUT2D eigenvalue weighted by Gasteiger charge is -2.22. The van der Waals surface area contributed by atoms with Crippen molar-refractivity contribution in [1.82, 2.24) is 15.0 Å². The van der Waals surface area contributed by atoms with Gasteiger partial charge in [0.05, 0.1) is 16.6 Å². The number of hydrogen-bond acceptors (Lipinski definition) is 4. The molecule has 0 saturated heterocycles. The van der Waals surface area contributed by atoms with Crippen molar-refractivity contribution in [2.75, 3.05) is 0 Å². The average Bonchev–Trinajstić information content (AvgIpc) is 2.67. The van der Waals surface area contributed by atoms with E-state index in [1.54, 1.807) is 4.57 Å². The van der Waals surface area contributed by atoms with E-state index in [0.717, 1.165) is 35.8 Å². The minimum Gasteiger partial charge on any atom is -0.288 e. The van der Waals surface area contributed by atoms with Gasteiger partial charge in [0.1, 0.15) is 11.6 Å². The third-order valence-electron chi connectivity index (χ3n) is 4.87. The molecule has 0 fully saturated rings. The van der Waals surface area contributed by atoms with Crippen LogP contribution in [0.15, 0.2) is 40.2 Å². The van der Waals surface area contributed by atoms with Crippen LogP contribution >= 0.6 is 0 Å². The summed E-state index contributed by atoms with van der Waals surface area (Å²) >= 11 is 0. The SMILES string of the molecule is CCc1nc2cc(F)c(/C=C/C(=O)NO)cc2c(=O)n1C1=C(C)CCC=C1C. The second kappa shape index (κ2) is 7.90. The highest BCUT2D eigenvalue weighted by Gasteiger charge is 2.19. The molecule has 6 nitrogen and oxygen atoms in total. The molecule has 2 N–H and O–H groups in total. The molecule has 0 spiro atoms. The van der Waals surface area contributed by atoms with Gasteiger partial charge in [-0.2, -0.15) is 0 Å². The number of carbonyl (C=O) groups excluding carboxylic acids is 1. The Morgan fingerprint density at radius 3 is 2.79 bits per heavy atom. The summed E-state index contributed by atoms with van der Waals surface area (Å²) < 4.78 is 16.0. The number of aryl methyl sites for hydroxylation is 1. The Bertz CT molecular complexity index is 1110. The summed E-state index contributed by atoms with van der Waals surface area (Å²) in [5, 5.41) is 8.83. The molecule has 3 rings (SSSR count). The number of amides is 1. The van der Waals surface area contributed by atoms with Crippen molar-refractivity contribution in [1.29, 1.82) is 0 Å². The molecule has 1 aromatic carbocycles. The van der Waals surface area contributed by atoms with Crippen LogP contribution in [0.1, 0.15) is 45.0 Å². The number of hydroxylamine groups is 1. The fourth-order valence-electron chi connectivity index (χ4n) is 3.49. The van der Waals surface area contributed by atoms with Gasteiger partial charge in [0, 0.05) is 24.1 Å². The minimum absolute atomic E-state index is 0.0624. The fourth-order valence-corrected chi connectivity index (χ4v) is 3.49. The molecule has 0 atom stereocenters. The number of rotatable bonds is 4. The Balaban J connectivity index is 2.29. The molecule has 1 amide bonds. The van der Waals surface area contributed by atoms with Gasteiger partial charge in [-0.05, 0) is 50.0 Å². The molecular weight excluding hydrogens is 361 g/mol. The molecule has 0 unspecified atom stereocenters. The van der Waals surface area contributed by atoms with Gasteiger partial charge in [-0.25, -0.2) is 14.9 Å². The first-order valence-electron chi connectivity index (χ1n) is 9.12. The fraction of sp³-hybridized carbons (Fsp3) is 0.286. The van der Waals surface area contributed by atoms with Crippen molar-refractivity contribution >= 4 is 28.6 Å². The molecule has 0 saturated carbocycles. The highest BCUT2D eigenvalue weighted by molar-refractivity contribution is 5.92. The largest absolute Gasteiger partial charge is 0.288 e. The molecule has 2 aromatic rings. The lowest BCUT2D eigenvalue weighted by molar-refractivity contribution is -0.124. The summed E-state index contributed by atoms with van der Waals surface area (Å²) in [6.45, 7) is 5.89.